The normalized spacial score (nSPS) is 13.8. The van der Waals surface area contributed by atoms with Crippen molar-refractivity contribution >= 4 is 12.0 Å². The first-order chi connectivity index (χ1) is 10.1. The van der Waals surface area contributed by atoms with Gasteiger partial charge in [0.1, 0.15) is 0 Å². The molecule has 114 valence electrons. The smallest absolute Gasteiger partial charge is 0.335 e. The number of rotatable bonds is 7. The molecule has 2 N–H and O–H groups in total. The molecule has 1 fully saturated rings. The van der Waals surface area contributed by atoms with E-state index >= 15 is 0 Å². The average molecular weight is 290 g/mol. The SMILES string of the molecule is CCN(CC1CC1)C(=O)NCCc1ccc(C(=O)O)cc1. The van der Waals surface area contributed by atoms with Crippen LogP contribution in [0.1, 0.15) is 35.7 Å². The third-order valence-corrected chi connectivity index (χ3v) is 3.74. The molecule has 0 radical (unpaired) electrons. The van der Waals surface area contributed by atoms with Gasteiger partial charge in [0.15, 0.2) is 0 Å². The summed E-state index contributed by atoms with van der Waals surface area (Å²) in [5.41, 5.74) is 1.30. The zero-order chi connectivity index (χ0) is 15.2. The lowest BCUT2D eigenvalue weighted by atomic mass is 10.1. The standard InChI is InChI=1S/C16H22N2O3/c1-2-18(11-13-3-4-13)16(21)17-10-9-12-5-7-14(8-6-12)15(19)20/h5-8,13H,2-4,9-11H2,1H3,(H,17,21)(H,19,20). The Morgan fingerprint density at radius 2 is 1.95 bits per heavy atom. The van der Waals surface area contributed by atoms with Crippen LogP contribution in [0.2, 0.25) is 0 Å². The second kappa shape index (κ2) is 7.11. The van der Waals surface area contributed by atoms with Gasteiger partial charge in [-0.3, -0.25) is 0 Å². The molecule has 5 heteroatoms. The summed E-state index contributed by atoms with van der Waals surface area (Å²) < 4.78 is 0. The number of aromatic carboxylic acids is 1. The summed E-state index contributed by atoms with van der Waals surface area (Å²) in [6.45, 7) is 4.14. The predicted molar refractivity (Wildman–Crippen MR) is 80.5 cm³/mol. The molecule has 0 spiro atoms. The van der Waals surface area contributed by atoms with E-state index in [0.717, 1.165) is 18.7 Å². The number of carboxylic acid groups (broad SMARTS) is 1. The van der Waals surface area contributed by atoms with E-state index in [2.05, 4.69) is 5.32 Å². The third-order valence-electron chi connectivity index (χ3n) is 3.74. The summed E-state index contributed by atoms with van der Waals surface area (Å²) in [5.74, 6) is -0.229. The third kappa shape index (κ3) is 4.77. The maximum absolute atomic E-state index is 12.0. The maximum Gasteiger partial charge on any atom is 0.335 e. The molecule has 0 unspecified atom stereocenters. The Hall–Kier alpha value is -2.04. The van der Waals surface area contributed by atoms with Crippen molar-refractivity contribution in [3.63, 3.8) is 0 Å². The average Bonchev–Trinajstić information content (AvgIpc) is 3.29. The van der Waals surface area contributed by atoms with Gasteiger partial charge in [-0.15, -0.1) is 0 Å². The summed E-state index contributed by atoms with van der Waals surface area (Å²) in [4.78, 5) is 24.6. The van der Waals surface area contributed by atoms with Crippen molar-refractivity contribution in [1.82, 2.24) is 10.2 Å². The Morgan fingerprint density at radius 1 is 1.29 bits per heavy atom. The van der Waals surface area contributed by atoms with Crippen LogP contribution < -0.4 is 5.32 Å². The minimum absolute atomic E-state index is 0.00782. The van der Waals surface area contributed by atoms with E-state index < -0.39 is 5.97 Å². The van der Waals surface area contributed by atoms with Gasteiger partial charge in [-0.2, -0.15) is 0 Å². The van der Waals surface area contributed by atoms with E-state index in [-0.39, 0.29) is 11.6 Å². The van der Waals surface area contributed by atoms with E-state index in [4.69, 9.17) is 5.11 Å². The van der Waals surface area contributed by atoms with Crippen LogP contribution in [-0.2, 0) is 6.42 Å². The van der Waals surface area contributed by atoms with Crippen LogP contribution in [-0.4, -0.2) is 41.6 Å². The molecule has 5 nitrogen and oxygen atoms in total. The highest BCUT2D eigenvalue weighted by molar-refractivity contribution is 5.87. The lowest BCUT2D eigenvalue weighted by Gasteiger charge is -2.21. The van der Waals surface area contributed by atoms with Gasteiger partial charge in [0.05, 0.1) is 5.56 Å². The highest BCUT2D eigenvalue weighted by Crippen LogP contribution is 2.29. The molecule has 0 bridgehead atoms. The van der Waals surface area contributed by atoms with E-state index in [1.54, 1.807) is 24.3 Å². The van der Waals surface area contributed by atoms with Crippen molar-refractivity contribution < 1.29 is 14.7 Å². The number of carbonyl (C=O) groups is 2. The summed E-state index contributed by atoms with van der Waals surface area (Å²) in [7, 11) is 0. The van der Waals surface area contributed by atoms with E-state index in [1.165, 1.54) is 12.8 Å². The predicted octanol–water partition coefficient (Wildman–Crippen LogP) is 2.37. The molecule has 2 rings (SSSR count). The minimum atomic E-state index is -0.923. The van der Waals surface area contributed by atoms with Crippen LogP contribution >= 0.6 is 0 Å². The molecule has 0 heterocycles. The number of nitrogens with zero attached hydrogens (tertiary/aromatic N) is 1. The van der Waals surface area contributed by atoms with Crippen LogP contribution in [0.15, 0.2) is 24.3 Å². The molecule has 0 saturated heterocycles. The van der Waals surface area contributed by atoms with E-state index in [1.807, 2.05) is 11.8 Å². The van der Waals surface area contributed by atoms with Crippen molar-refractivity contribution in [2.24, 2.45) is 5.92 Å². The summed E-state index contributed by atoms with van der Waals surface area (Å²) in [6, 6.07) is 6.75. The molecule has 1 aliphatic rings. The molecule has 0 aromatic heterocycles. The molecule has 1 aromatic rings. The van der Waals surface area contributed by atoms with Crippen molar-refractivity contribution in [2.75, 3.05) is 19.6 Å². The van der Waals surface area contributed by atoms with Gasteiger partial charge in [0, 0.05) is 19.6 Å². The lowest BCUT2D eigenvalue weighted by Crippen LogP contribution is -2.41. The quantitative estimate of drug-likeness (QED) is 0.810. The van der Waals surface area contributed by atoms with Gasteiger partial charge in [-0.05, 0) is 49.8 Å². The summed E-state index contributed by atoms with van der Waals surface area (Å²) >= 11 is 0. The van der Waals surface area contributed by atoms with Gasteiger partial charge < -0.3 is 15.3 Å². The number of nitrogens with one attached hydrogen (secondary N) is 1. The van der Waals surface area contributed by atoms with Crippen molar-refractivity contribution in [3.05, 3.63) is 35.4 Å². The van der Waals surface area contributed by atoms with Crippen LogP contribution in [0.5, 0.6) is 0 Å². The van der Waals surface area contributed by atoms with Gasteiger partial charge in [0.25, 0.3) is 0 Å². The number of carbonyl (C=O) groups excluding carboxylic acids is 1. The summed E-state index contributed by atoms with van der Waals surface area (Å²) in [5, 5.41) is 11.8. The van der Waals surface area contributed by atoms with Crippen LogP contribution in [0.25, 0.3) is 0 Å². The van der Waals surface area contributed by atoms with Gasteiger partial charge >= 0.3 is 12.0 Å². The van der Waals surface area contributed by atoms with Gasteiger partial charge in [-0.1, -0.05) is 12.1 Å². The van der Waals surface area contributed by atoms with Crippen molar-refractivity contribution in [3.8, 4) is 0 Å². The van der Waals surface area contributed by atoms with Crippen LogP contribution in [0.3, 0.4) is 0 Å². The number of benzene rings is 1. The monoisotopic (exact) mass is 290 g/mol. The topological polar surface area (TPSA) is 69.6 Å². The number of hydrogen-bond acceptors (Lipinski definition) is 2. The number of hydrogen-bond donors (Lipinski definition) is 2. The Kier molecular flexibility index (Phi) is 5.20. The Morgan fingerprint density at radius 3 is 2.48 bits per heavy atom. The van der Waals surface area contributed by atoms with Crippen LogP contribution in [0.4, 0.5) is 4.79 Å². The van der Waals surface area contributed by atoms with Crippen molar-refractivity contribution in [1.29, 1.82) is 0 Å². The van der Waals surface area contributed by atoms with Gasteiger partial charge in [0.2, 0.25) is 0 Å². The Balaban J connectivity index is 1.74. The lowest BCUT2D eigenvalue weighted by molar-refractivity contribution is 0.0697. The molecule has 1 aromatic carbocycles. The van der Waals surface area contributed by atoms with E-state index in [0.29, 0.717) is 18.9 Å². The fraction of sp³-hybridized carbons (Fsp3) is 0.500. The molecular weight excluding hydrogens is 268 g/mol. The first kappa shape index (κ1) is 15.4. The molecule has 1 aliphatic carbocycles. The van der Waals surface area contributed by atoms with Crippen LogP contribution in [0, 0.1) is 5.92 Å². The maximum atomic E-state index is 12.0. The molecule has 0 atom stereocenters. The largest absolute Gasteiger partial charge is 0.478 e. The number of carboxylic acids is 1. The Labute approximate surface area is 125 Å². The summed E-state index contributed by atoms with van der Waals surface area (Å²) in [6.07, 6.45) is 3.17. The number of amides is 2. The zero-order valence-electron chi connectivity index (χ0n) is 12.3. The highest BCUT2D eigenvalue weighted by atomic mass is 16.4. The molecular formula is C16H22N2O3. The number of urea groups is 1. The fourth-order valence-corrected chi connectivity index (χ4v) is 2.21. The molecule has 21 heavy (non-hydrogen) atoms. The fourth-order valence-electron chi connectivity index (χ4n) is 2.21. The minimum Gasteiger partial charge on any atom is -0.478 e. The Bertz CT molecular complexity index is 495. The van der Waals surface area contributed by atoms with E-state index in [9.17, 15) is 9.59 Å². The van der Waals surface area contributed by atoms with Crippen molar-refractivity contribution in [2.45, 2.75) is 26.2 Å². The second-order valence-electron chi connectivity index (χ2n) is 5.47. The highest BCUT2D eigenvalue weighted by Gasteiger charge is 2.25. The first-order valence-corrected chi connectivity index (χ1v) is 7.45. The first-order valence-electron chi connectivity index (χ1n) is 7.45. The molecule has 2 amide bonds. The second-order valence-corrected chi connectivity index (χ2v) is 5.47. The molecule has 1 saturated carbocycles. The van der Waals surface area contributed by atoms with Gasteiger partial charge in [-0.25, -0.2) is 9.59 Å². The molecule has 0 aliphatic heterocycles. The zero-order valence-corrected chi connectivity index (χ0v) is 12.3.